The number of piperidine rings is 1. The van der Waals surface area contributed by atoms with Crippen LogP contribution in [-0.2, 0) is 12.0 Å². The highest BCUT2D eigenvalue weighted by molar-refractivity contribution is 5.23. The van der Waals surface area contributed by atoms with Gasteiger partial charge in [0, 0.05) is 12.4 Å². The van der Waals surface area contributed by atoms with Crippen LogP contribution in [0.15, 0.2) is 54.9 Å². The van der Waals surface area contributed by atoms with E-state index in [9.17, 15) is 0 Å². The normalized spacial score (nSPS) is 17.3. The van der Waals surface area contributed by atoms with Crippen molar-refractivity contribution >= 4 is 0 Å². The zero-order chi connectivity index (χ0) is 20.3. The molecule has 0 saturated carbocycles. The molecule has 0 N–H and O–H groups in total. The first-order valence-corrected chi connectivity index (χ1v) is 10.5. The van der Waals surface area contributed by atoms with Crippen molar-refractivity contribution in [1.29, 1.82) is 0 Å². The topological polar surface area (TPSA) is 59.7 Å². The van der Waals surface area contributed by atoms with Crippen LogP contribution in [0.2, 0.25) is 0 Å². The summed E-state index contributed by atoms with van der Waals surface area (Å²) in [5, 5.41) is 12.8. The lowest BCUT2D eigenvalue weighted by molar-refractivity contribution is 0.139. The first-order chi connectivity index (χ1) is 14.0. The van der Waals surface area contributed by atoms with E-state index in [-0.39, 0.29) is 11.6 Å². The van der Waals surface area contributed by atoms with Gasteiger partial charge in [0.05, 0.1) is 11.6 Å². The molecule has 1 aromatic carbocycles. The molecule has 1 fully saturated rings. The summed E-state index contributed by atoms with van der Waals surface area (Å²) in [6.45, 7) is 8.51. The van der Waals surface area contributed by atoms with Gasteiger partial charge in [-0.1, -0.05) is 30.3 Å². The van der Waals surface area contributed by atoms with Gasteiger partial charge in [-0.2, -0.15) is 0 Å². The molecule has 0 radical (unpaired) electrons. The largest absolute Gasteiger partial charge is 0.290 e. The molecule has 152 valence electrons. The van der Waals surface area contributed by atoms with Gasteiger partial charge < -0.3 is 0 Å². The fourth-order valence-electron chi connectivity index (χ4n) is 4.27. The summed E-state index contributed by atoms with van der Waals surface area (Å²) in [5.41, 5.74) is 2.46. The van der Waals surface area contributed by atoms with Crippen molar-refractivity contribution in [2.24, 2.45) is 5.92 Å². The Kier molecular flexibility index (Phi) is 5.72. The lowest BCUT2D eigenvalue weighted by Gasteiger charge is -2.38. The fourth-order valence-corrected chi connectivity index (χ4v) is 4.27. The smallest absolute Gasteiger partial charge is 0.173 e. The molecule has 1 aliphatic rings. The van der Waals surface area contributed by atoms with Crippen LogP contribution in [0.3, 0.4) is 0 Å². The first kappa shape index (κ1) is 19.7. The van der Waals surface area contributed by atoms with Crippen molar-refractivity contribution in [3.8, 4) is 0 Å². The molecule has 1 atom stereocenters. The van der Waals surface area contributed by atoms with Crippen LogP contribution in [0.5, 0.6) is 0 Å². The highest BCUT2D eigenvalue weighted by Crippen LogP contribution is 2.33. The Morgan fingerprint density at radius 1 is 1.00 bits per heavy atom. The molecule has 0 unspecified atom stereocenters. The van der Waals surface area contributed by atoms with Gasteiger partial charge in [-0.15, -0.1) is 5.10 Å². The number of rotatable bonds is 5. The average molecular weight is 391 g/mol. The monoisotopic (exact) mass is 390 g/mol. The van der Waals surface area contributed by atoms with E-state index in [1.807, 2.05) is 17.1 Å². The van der Waals surface area contributed by atoms with Gasteiger partial charge in [0.15, 0.2) is 5.82 Å². The fraction of sp³-hybridized carbons (Fsp3) is 0.478. The van der Waals surface area contributed by atoms with Gasteiger partial charge in [0.2, 0.25) is 0 Å². The third-order valence-corrected chi connectivity index (χ3v) is 5.78. The molecule has 1 saturated heterocycles. The molecule has 0 aliphatic carbocycles. The number of benzene rings is 1. The van der Waals surface area contributed by atoms with Crippen molar-refractivity contribution in [3.05, 3.63) is 71.8 Å². The number of hydrogen-bond donors (Lipinski definition) is 0. The predicted molar refractivity (Wildman–Crippen MR) is 113 cm³/mol. The summed E-state index contributed by atoms with van der Waals surface area (Å²) in [6, 6.07) is 15.1. The number of likely N-dealkylation sites (tertiary alicyclic amines) is 1. The molecule has 0 spiro atoms. The Bertz CT molecular complexity index is 892. The van der Waals surface area contributed by atoms with E-state index < -0.39 is 0 Å². The molecule has 0 bridgehead atoms. The van der Waals surface area contributed by atoms with E-state index in [4.69, 9.17) is 0 Å². The van der Waals surface area contributed by atoms with Gasteiger partial charge >= 0.3 is 0 Å². The third-order valence-electron chi connectivity index (χ3n) is 5.78. The van der Waals surface area contributed by atoms with Crippen LogP contribution >= 0.6 is 0 Å². The molecule has 4 rings (SSSR count). The average Bonchev–Trinajstić information content (AvgIpc) is 3.21. The van der Waals surface area contributed by atoms with Gasteiger partial charge in [0.1, 0.15) is 0 Å². The van der Waals surface area contributed by atoms with Crippen LogP contribution in [0.25, 0.3) is 0 Å². The molecule has 0 amide bonds. The van der Waals surface area contributed by atoms with E-state index in [1.165, 1.54) is 24.0 Å². The van der Waals surface area contributed by atoms with E-state index >= 15 is 0 Å². The van der Waals surface area contributed by atoms with Gasteiger partial charge in [-0.25, -0.2) is 4.68 Å². The lowest BCUT2D eigenvalue weighted by atomic mass is 9.89. The van der Waals surface area contributed by atoms with Crippen LogP contribution in [0.4, 0.5) is 0 Å². The maximum absolute atomic E-state index is 4.46. The number of pyridine rings is 1. The maximum Gasteiger partial charge on any atom is 0.173 e. The molecular weight excluding hydrogens is 360 g/mol. The summed E-state index contributed by atoms with van der Waals surface area (Å²) in [5.74, 6) is 1.63. The van der Waals surface area contributed by atoms with Crippen molar-refractivity contribution in [2.75, 3.05) is 13.1 Å². The highest BCUT2D eigenvalue weighted by Gasteiger charge is 2.33. The second-order valence-corrected chi connectivity index (χ2v) is 8.97. The zero-order valence-electron chi connectivity index (χ0n) is 17.6. The van der Waals surface area contributed by atoms with E-state index in [2.05, 4.69) is 88.6 Å². The predicted octanol–water partition coefficient (Wildman–Crippen LogP) is 3.87. The highest BCUT2D eigenvalue weighted by atomic mass is 15.6. The second kappa shape index (κ2) is 8.41. The Hall–Kier alpha value is -2.60. The van der Waals surface area contributed by atoms with Crippen LogP contribution in [-0.4, -0.2) is 43.2 Å². The molecule has 3 aromatic rings. The Labute approximate surface area is 173 Å². The van der Waals surface area contributed by atoms with Crippen molar-refractivity contribution in [1.82, 2.24) is 30.1 Å². The summed E-state index contributed by atoms with van der Waals surface area (Å²) < 4.78 is 1.97. The third kappa shape index (κ3) is 4.53. The summed E-state index contributed by atoms with van der Waals surface area (Å²) in [6.07, 6.45) is 7.25. The molecular formula is C23H30N6. The number of tetrazole rings is 1. The summed E-state index contributed by atoms with van der Waals surface area (Å²) in [4.78, 5) is 6.74. The molecule has 3 heterocycles. The van der Waals surface area contributed by atoms with Gasteiger partial charge in [-0.05, 0) is 92.7 Å². The zero-order valence-corrected chi connectivity index (χ0v) is 17.6. The number of nitrogens with zero attached hydrogens (tertiary/aromatic N) is 6. The first-order valence-electron chi connectivity index (χ1n) is 10.5. The van der Waals surface area contributed by atoms with E-state index in [0.717, 1.165) is 31.3 Å². The standard InChI is InChI=1S/C23H30N6/c1-23(2,3)29-22(25-26-27-29)21(20-9-13-24-14-10-20)28-15-11-19(12-16-28)17-18-7-5-4-6-8-18/h4-10,13-14,19,21H,11-12,15-17H2,1-3H3/t21-/m0/s1. The minimum absolute atomic E-state index is 0.0462. The molecule has 29 heavy (non-hydrogen) atoms. The minimum atomic E-state index is -0.171. The van der Waals surface area contributed by atoms with Crippen molar-refractivity contribution < 1.29 is 0 Å². The van der Waals surface area contributed by atoms with Crippen molar-refractivity contribution in [2.45, 2.75) is 51.6 Å². The number of hydrogen-bond acceptors (Lipinski definition) is 5. The van der Waals surface area contributed by atoms with E-state index in [1.54, 1.807) is 0 Å². The Morgan fingerprint density at radius 3 is 2.34 bits per heavy atom. The summed E-state index contributed by atoms with van der Waals surface area (Å²) >= 11 is 0. The Morgan fingerprint density at radius 2 is 1.69 bits per heavy atom. The Balaban J connectivity index is 1.55. The molecule has 6 nitrogen and oxygen atoms in total. The number of aromatic nitrogens is 5. The second-order valence-electron chi connectivity index (χ2n) is 8.97. The van der Waals surface area contributed by atoms with Crippen molar-refractivity contribution in [3.63, 3.8) is 0 Å². The van der Waals surface area contributed by atoms with Gasteiger partial charge in [-0.3, -0.25) is 9.88 Å². The SMILES string of the molecule is CC(C)(C)n1nnnc1[C@H](c1ccncc1)N1CCC(Cc2ccccc2)CC1. The lowest BCUT2D eigenvalue weighted by Crippen LogP contribution is -2.40. The van der Waals surface area contributed by atoms with Crippen LogP contribution in [0, 0.1) is 5.92 Å². The van der Waals surface area contributed by atoms with Crippen LogP contribution in [0.1, 0.15) is 56.6 Å². The molecule has 1 aliphatic heterocycles. The van der Waals surface area contributed by atoms with E-state index in [0.29, 0.717) is 0 Å². The van der Waals surface area contributed by atoms with Gasteiger partial charge in [0.25, 0.3) is 0 Å². The van der Waals surface area contributed by atoms with Crippen LogP contribution < -0.4 is 0 Å². The molecule has 6 heteroatoms. The molecule has 2 aromatic heterocycles. The quantitative estimate of drug-likeness (QED) is 0.662. The minimum Gasteiger partial charge on any atom is -0.290 e. The summed E-state index contributed by atoms with van der Waals surface area (Å²) in [7, 11) is 0. The maximum atomic E-state index is 4.46.